The molecule has 0 saturated heterocycles. The summed E-state index contributed by atoms with van der Waals surface area (Å²) in [5.74, 6) is -1.24. The number of benzene rings is 2. The zero-order valence-electron chi connectivity index (χ0n) is 19.6. The van der Waals surface area contributed by atoms with Gasteiger partial charge in [0.25, 0.3) is 5.91 Å². The zero-order chi connectivity index (χ0) is 27.0. The van der Waals surface area contributed by atoms with Crippen molar-refractivity contribution in [2.75, 3.05) is 16.4 Å². The van der Waals surface area contributed by atoms with Crippen molar-refractivity contribution in [3.63, 3.8) is 0 Å². The Hall–Kier alpha value is -3.38. The fraction of sp³-hybridized carbons (Fsp3) is 0.304. The number of carbonyl (C=O) groups excluding carboxylic acids is 2. The van der Waals surface area contributed by atoms with E-state index in [1.165, 1.54) is 12.1 Å². The number of aromatic nitrogens is 1. The van der Waals surface area contributed by atoms with Gasteiger partial charge in [0.15, 0.2) is 5.13 Å². The Balaban J connectivity index is 1.89. The lowest BCUT2D eigenvalue weighted by molar-refractivity contribution is -0.136. The molecule has 0 aliphatic rings. The minimum absolute atomic E-state index is 0.0319. The molecule has 8 nitrogen and oxygen atoms in total. The van der Waals surface area contributed by atoms with Gasteiger partial charge >= 0.3 is 12.1 Å². The van der Waals surface area contributed by atoms with Crippen molar-refractivity contribution in [1.82, 2.24) is 4.98 Å². The number of amides is 1. The second-order valence-electron chi connectivity index (χ2n) is 8.62. The molecule has 2 aromatic carbocycles. The van der Waals surface area contributed by atoms with Crippen LogP contribution < -0.4 is 16.4 Å². The van der Waals surface area contributed by atoms with E-state index in [4.69, 9.17) is 27.5 Å². The topological polar surface area (TPSA) is 130 Å². The molecule has 0 unspecified atom stereocenters. The summed E-state index contributed by atoms with van der Waals surface area (Å²) < 4.78 is 45.8. The summed E-state index contributed by atoms with van der Waals surface area (Å²) in [6.45, 7) is 6.47. The molecule has 0 fully saturated rings. The lowest BCUT2D eigenvalue weighted by Gasteiger charge is -2.26. The average molecular weight is 542 g/mol. The van der Waals surface area contributed by atoms with Gasteiger partial charge in [-0.3, -0.25) is 10.1 Å². The summed E-state index contributed by atoms with van der Waals surface area (Å²) in [5, 5.41) is 13.1. The van der Waals surface area contributed by atoms with Crippen molar-refractivity contribution >= 4 is 67.8 Å². The van der Waals surface area contributed by atoms with Crippen LogP contribution in [0.15, 0.2) is 24.3 Å². The summed E-state index contributed by atoms with van der Waals surface area (Å²) in [6.07, 6.45) is -4.25. The van der Waals surface area contributed by atoms with Crippen LogP contribution in [-0.2, 0) is 15.7 Å². The monoisotopic (exact) mass is 541 g/mol. The zero-order valence-corrected chi connectivity index (χ0v) is 21.2. The van der Waals surface area contributed by atoms with E-state index in [9.17, 15) is 22.8 Å². The minimum Gasteiger partial charge on any atom is -0.459 e. The Morgan fingerprint density at radius 3 is 2.50 bits per heavy atom. The largest absolute Gasteiger partial charge is 0.459 e. The first-order valence-corrected chi connectivity index (χ1v) is 11.7. The van der Waals surface area contributed by atoms with Crippen LogP contribution in [0.2, 0.25) is 5.02 Å². The van der Waals surface area contributed by atoms with E-state index >= 15 is 0 Å². The first kappa shape index (κ1) is 27.2. The van der Waals surface area contributed by atoms with Crippen LogP contribution in [0.3, 0.4) is 0 Å². The van der Waals surface area contributed by atoms with Crippen molar-refractivity contribution in [2.45, 2.75) is 45.5 Å². The Kier molecular flexibility index (Phi) is 7.51. The number of thiazole rings is 1. The summed E-state index contributed by atoms with van der Waals surface area (Å²) >= 11 is 6.89. The number of carbonyl (C=O) groups is 2. The summed E-state index contributed by atoms with van der Waals surface area (Å²) in [7, 11) is 0. The van der Waals surface area contributed by atoms with Crippen molar-refractivity contribution < 1.29 is 27.5 Å². The molecule has 0 atom stereocenters. The van der Waals surface area contributed by atoms with E-state index < -0.39 is 34.7 Å². The predicted octanol–water partition coefficient (Wildman–Crippen LogP) is 5.94. The lowest BCUT2D eigenvalue weighted by Crippen LogP contribution is -2.44. The van der Waals surface area contributed by atoms with Gasteiger partial charge in [0.05, 0.1) is 32.5 Å². The van der Waals surface area contributed by atoms with Gasteiger partial charge in [-0.15, -0.1) is 0 Å². The van der Waals surface area contributed by atoms with Crippen molar-refractivity contribution in [2.24, 2.45) is 0 Å². The molecule has 0 aliphatic carbocycles. The molecule has 0 saturated carbocycles. The van der Waals surface area contributed by atoms with Crippen LogP contribution in [0.25, 0.3) is 10.2 Å². The second kappa shape index (κ2) is 9.94. The number of alkyl halides is 3. The third-order valence-electron chi connectivity index (χ3n) is 4.96. The highest BCUT2D eigenvalue weighted by molar-refractivity contribution is 7.22. The molecular formula is C23H23ClF3N5O3S. The number of esters is 1. The molecule has 1 heterocycles. The van der Waals surface area contributed by atoms with Crippen LogP contribution in [0.1, 0.15) is 49.2 Å². The molecule has 13 heteroatoms. The van der Waals surface area contributed by atoms with Crippen molar-refractivity contribution in [3.05, 3.63) is 46.0 Å². The maximum Gasteiger partial charge on any atom is 0.418 e. The standard InChI is InChI=1S/C23H23ClF3N5O3S/c1-10(2)35-19(33)12-7-11(5-6-15(12)24)32-22(3,4)20(34)31-21-30-17-14(23(25,26)27)8-16(29)13(9-28)18(17)36-21/h5-10,28,32H,29H2,1-4H3,(H,30,31,34). The van der Waals surface area contributed by atoms with Gasteiger partial charge in [-0.2, -0.15) is 13.2 Å². The maximum absolute atomic E-state index is 13.5. The van der Waals surface area contributed by atoms with Gasteiger partial charge in [-0.05, 0) is 52.0 Å². The van der Waals surface area contributed by atoms with E-state index in [-0.39, 0.29) is 37.8 Å². The molecule has 0 bridgehead atoms. The number of fused-ring (bicyclic) bond motifs is 1. The second-order valence-corrected chi connectivity index (χ2v) is 10.0. The van der Waals surface area contributed by atoms with E-state index in [1.54, 1.807) is 33.8 Å². The fourth-order valence-electron chi connectivity index (χ4n) is 3.24. The molecule has 0 aliphatic heterocycles. The highest BCUT2D eigenvalue weighted by Gasteiger charge is 2.36. The molecule has 3 rings (SSSR count). The summed E-state index contributed by atoms with van der Waals surface area (Å²) in [5.41, 5.74) is 3.31. The van der Waals surface area contributed by atoms with Gasteiger partial charge in [-0.25, -0.2) is 9.78 Å². The molecule has 1 aromatic heterocycles. The van der Waals surface area contributed by atoms with Crippen LogP contribution >= 0.6 is 22.9 Å². The smallest absolute Gasteiger partial charge is 0.418 e. The molecule has 1 amide bonds. The van der Waals surface area contributed by atoms with Crippen LogP contribution in [0.4, 0.5) is 29.7 Å². The fourth-order valence-corrected chi connectivity index (χ4v) is 4.45. The first-order valence-electron chi connectivity index (χ1n) is 10.5. The molecule has 3 aromatic rings. The number of nitrogens with one attached hydrogen (secondary N) is 3. The normalized spacial score (nSPS) is 12.0. The van der Waals surface area contributed by atoms with Crippen LogP contribution in [0.5, 0.6) is 0 Å². The third-order valence-corrected chi connectivity index (χ3v) is 6.30. The van der Waals surface area contributed by atoms with Crippen LogP contribution in [-0.4, -0.2) is 34.7 Å². The number of hydrogen-bond donors (Lipinski definition) is 4. The minimum atomic E-state index is -4.73. The Morgan fingerprint density at radius 2 is 1.92 bits per heavy atom. The van der Waals surface area contributed by atoms with E-state index in [2.05, 4.69) is 15.6 Å². The SMILES string of the molecule is CC(C)OC(=O)c1cc(NC(C)(C)C(=O)Nc2nc3c(C(F)(F)F)cc(N)c(C=N)c3s2)ccc1Cl. The number of halogens is 4. The van der Waals surface area contributed by atoms with E-state index in [0.29, 0.717) is 5.69 Å². The van der Waals surface area contributed by atoms with Crippen molar-refractivity contribution in [1.29, 1.82) is 5.41 Å². The van der Waals surface area contributed by atoms with Gasteiger partial charge in [0.1, 0.15) is 5.54 Å². The highest BCUT2D eigenvalue weighted by atomic mass is 35.5. The van der Waals surface area contributed by atoms with Gasteiger partial charge in [0.2, 0.25) is 0 Å². The summed E-state index contributed by atoms with van der Waals surface area (Å²) in [6, 6.07) is 5.21. The van der Waals surface area contributed by atoms with Gasteiger partial charge < -0.3 is 21.2 Å². The number of rotatable bonds is 7. The summed E-state index contributed by atoms with van der Waals surface area (Å²) in [4.78, 5) is 29.3. The van der Waals surface area contributed by atoms with Gasteiger partial charge in [0, 0.05) is 23.2 Å². The average Bonchev–Trinajstić information content (AvgIpc) is 3.16. The third kappa shape index (κ3) is 5.71. The number of anilines is 3. The quantitative estimate of drug-likeness (QED) is 0.166. The molecule has 0 spiro atoms. The molecule has 192 valence electrons. The Bertz CT molecular complexity index is 1350. The first-order chi connectivity index (χ1) is 16.6. The number of ether oxygens (including phenoxy) is 1. The Morgan fingerprint density at radius 1 is 1.25 bits per heavy atom. The lowest BCUT2D eigenvalue weighted by atomic mass is 10.0. The number of nitrogens with two attached hydrogens (primary N) is 1. The molecule has 36 heavy (non-hydrogen) atoms. The van der Waals surface area contributed by atoms with Crippen molar-refractivity contribution in [3.8, 4) is 0 Å². The number of hydrogen-bond acceptors (Lipinski definition) is 8. The highest BCUT2D eigenvalue weighted by Crippen LogP contribution is 2.41. The molecule has 0 radical (unpaired) electrons. The van der Waals surface area contributed by atoms with E-state index in [1.807, 2.05) is 0 Å². The van der Waals surface area contributed by atoms with Crippen LogP contribution in [0, 0.1) is 5.41 Å². The number of nitrogens with zero attached hydrogens (tertiary/aromatic N) is 1. The molecular weight excluding hydrogens is 519 g/mol. The predicted molar refractivity (Wildman–Crippen MR) is 135 cm³/mol. The van der Waals surface area contributed by atoms with E-state index in [0.717, 1.165) is 23.6 Å². The Labute approximate surface area is 213 Å². The molecule has 5 N–H and O–H groups in total. The maximum atomic E-state index is 13.5. The van der Waals surface area contributed by atoms with Gasteiger partial charge in [-0.1, -0.05) is 22.9 Å². The number of nitrogen functional groups attached to an aromatic ring is 1.